The van der Waals surface area contributed by atoms with Crippen molar-refractivity contribution in [1.29, 1.82) is 0 Å². The molecule has 0 aromatic heterocycles. The van der Waals surface area contributed by atoms with Crippen LogP contribution >= 0.6 is 0 Å². The molecule has 5 N–H and O–H groups in total. The van der Waals surface area contributed by atoms with E-state index in [4.69, 9.17) is 5.73 Å². The lowest BCUT2D eigenvalue weighted by atomic mass is 10.1. The molecule has 0 aliphatic carbocycles. The van der Waals surface area contributed by atoms with Crippen LogP contribution in [-0.2, 0) is 14.4 Å². The van der Waals surface area contributed by atoms with Crippen molar-refractivity contribution >= 4 is 17.7 Å². The zero-order valence-electron chi connectivity index (χ0n) is 12.7. The summed E-state index contributed by atoms with van der Waals surface area (Å²) in [6, 6.07) is -1.10. The first-order valence-corrected chi connectivity index (χ1v) is 7.67. The van der Waals surface area contributed by atoms with E-state index in [1.807, 2.05) is 0 Å². The second kappa shape index (κ2) is 7.06. The Morgan fingerprint density at radius 1 is 1.32 bits per heavy atom. The summed E-state index contributed by atoms with van der Waals surface area (Å²) in [4.78, 5) is 37.4. The number of carbonyl (C=O) groups is 3. The summed E-state index contributed by atoms with van der Waals surface area (Å²) in [5, 5.41) is 15.1. The number of likely N-dealkylation sites (tertiary alicyclic amines) is 1. The molecule has 2 heterocycles. The van der Waals surface area contributed by atoms with Gasteiger partial charge in [0.15, 0.2) is 0 Å². The highest BCUT2D eigenvalue weighted by Crippen LogP contribution is 2.21. The standard InChI is InChI=1S/C14H24N4O4/c1-8(19)11(12(15)20)17-13(21)10-3-5-18(7-10)14(22)9-2-4-16-6-9/h8-11,16,19H,2-7H2,1H3,(H2,15,20)(H,17,21)/t8-,9+,10-,11+/m1/s1. The van der Waals surface area contributed by atoms with Crippen molar-refractivity contribution in [1.82, 2.24) is 15.5 Å². The minimum atomic E-state index is -1.10. The van der Waals surface area contributed by atoms with Crippen molar-refractivity contribution in [3.05, 3.63) is 0 Å². The summed E-state index contributed by atoms with van der Waals surface area (Å²) >= 11 is 0. The van der Waals surface area contributed by atoms with E-state index < -0.39 is 18.1 Å². The number of primary amides is 1. The predicted octanol–water partition coefficient (Wildman–Crippen LogP) is -2.20. The van der Waals surface area contributed by atoms with E-state index in [9.17, 15) is 19.5 Å². The Hall–Kier alpha value is -1.67. The first-order chi connectivity index (χ1) is 10.4. The summed E-state index contributed by atoms with van der Waals surface area (Å²) in [6.45, 7) is 3.84. The van der Waals surface area contributed by atoms with Gasteiger partial charge in [0.05, 0.1) is 17.9 Å². The van der Waals surface area contributed by atoms with Gasteiger partial charge >= 0.3 is 0 Å². The molecule has 0 unspecified atom stereocenters. The van der Waals surface area contributed by atoms with Crippen LogP contribution in [0.25, 0.3) is 0 Å². The Morgan fingerprint density at radius 2 is 2.05 bits per heavy atom. The fourth-order valence-electron chi connectivity index (χ4n) is 3.00. The molecule has 2 aliphatic rings. The van der Waals surface area contributed by atoms with Crippen LogP contribution in [0.1, 0.15) is 19.8 Å². The number of nitrogens with two attached hydrogens (primary N) is 1. The van der Waals surface area contributed by atoms with Crippen LogP contribution in [0.2, 0.25) is 0 Å². The lowest BCUT2D eigenvalue weighted by Crippen LogP contribution is -2.52. The number of nitrogens with one attached hydrogen (secondary N) is 2. The van der Waals surface area contributed by atoms with Crippen molar-refractivity contribution in [3.8, 4) is 0 Å². The van der Waals surface area contributed by atoms with Crippen molar-refractivity contribution in [3.63, 3.8) is 0 Å². The Bertz CT molecular complexity index is 448. The number of hydrogen-bond acceptors (Lipinski definition) is 5. The number of rotatable bonds is 5. The van der Waals surface area contributed by atoms with Crippen molar-refractivity contribution in [2.45, 2.75) is 31.9 Å². The van der Waals surface area contributed by atoms with Gasteiger partial charge in [-0.2, -0.15) is 0 Å². The monoisotopic (exact) mass is 312 g/mol. The van der Waals surface area contributed by atoms with Gasteiger partial charge in [0.1, 0.15) is 6.04 Å². The number of nitrogens with zero attached hydrogens (tertiary/aromatic N) is 1. The van der Waals surface area contributed by atoms with Crippen LogP contribution in [0.15, 0.2) is 0 Å². The highest BCUT2D eigenvalue weighted by atomic mass is 16.3. The molecule has 0 saturated carbocycles. The lowest BCUT2D eigenvalue weighted by Gasteiger charge is -2.22. The molecule has 2 rings (SSSR count). The van der Waals surface area contributed by atoms with Crippen LogP contribution in [0.5, 0.6) is 0 Å². The normalized spacial score (nSPS) is 27.5. The molecule has 0 bridgehead atoms. The fraction of sp³-hybridized carbons (Fsp3) is 0.786. The van der Waals surface area contributed by atoms with Gasteiger partial charge in [-0.05, 0) is 26.3 Å². The third-order valence-corrected chi connectivity index (χ3v) is 4.37. The maximum Gasteiger partial charge on any atom is 0.242 e. The fourth-order valence-corrected chi connectivity index (χ4v) is 3.00. The van der Waals surface area contributed by atoms with Crippen LogP contribution in [0.4, 0.5) is 0 Å². The first kappa shape index (κ1) is 16.7. The number of hydrogen-bond donors (Lipinski definition) is 4. The van der Waals surface area contributed by atoms with Gasteiger partial charge in [-0.1, -0.05) is 0 Å². The second-order valence-corrected chi connectivity index (χ2v) is 6.09. The Kier molecular flexibility index (Phi) is 5.36. The second-order valence-electron chi connectivity index (χ2n) is 6.09. The molecular weight excluding hydrogens is 288 g/mol. The van der Waals surface area contributed by atoms with Gasteiger partial charge in [-0.25, -0.2) is 0 Å². The van der Waals surface area contributed by atoms with Gasteiger partial charge in [0.25, 0.3) is 0 Å². The number of carbonyl (C=O) groups excluding carboxylic acids is 3. The molecular formula is C14H24N4O4. The summed E-state index contributed by atoms with van der Waals surface area (Å²) in [5.74, 6) is -1.39. The molecule has 4 atom stereocenters. The smallest absolute Gasteiger partial charge is 0.242 e. The Balaban J connectivity index is 1.87. The minimum Gasteiger partial charge on any atom is -0.391 e. The average Bonchev–Trinajstić information content (AvgIpc) is 3.13. The first-order valence-electron chi connectivity index (χ1n) is 7.67. The molecule has 2 fully saturated rings. The van der Waals surface area contributed by atoms with E-state index in [0.717, 1.165) is 13.0 Å². The van der Waals surface area contributed by atoms with Crippen LogP contribution in [0.3, 0.4) is 0 Å². The maximum absolute atomic E-state index is 12.3. The lowest BCUT2D eigenvalue weighted by molar-refractivity contribution is -0.135. The number of amides is 3. The molecule has 124 valence electrons. The zero-order chi connectivity index (χ0) is 16.3. The molecule has 22 heavy (non-hydrogen) atoms. The van der Waals surface area contributed by atoms with Gasteiger partial charge in [-0.3, -0.25) is 14.4 Å². The van der Waals surface area contributed by atoms with Crippen molar-refractivity contribution < 1.29 is 19.5 Å². The van der Waals surface area contributed by atoms with Crippen molar-refractivity contribution in [2.24, 2.45) is 17.6 Å². The van der Waals surface area contributed by atoms with Crippen molar-refractivity contribution in [2.75, 3.05) is 26.2 Å². The van der Waals surface area contributed by atoms with E-state index in [1.54, 1.807) is 4.90 Å². The van der Waals surface area contributed by atoms with E-state index in [1.165, 1.54) is 6.92 Å². The number of aliphatic hydroxyl groups is 1. The summed E-state index contributed by atoms with van der Waals surface area (Å²) in [6.07, 6.45) is 0.339. The predicted molar refractivity (Wildman–Crippen MR) is 78.5 cm³/mol. The highest BCUT2D eigenvalue weighted by molar-refractivity contribution is 5.89. The quantitative estimate of drug-likeness (QED) is 0.458. The third-order valence-electron chi connectivity index (χ3n) is 4.37. The Morgan fingerprint density at radius 3 is 2.59 bits per heavy atom. The molecule has 0 aromatic rings. The van der Waals surface area contributed by atoms with Gasteiger partial charge < -0.3 is 26.4 Å². The van der Waals surface area contributed by atoms with Crippen LogP contribution in [0, 0.1) is 11.8 Å². The molecule has 2 saturated heterocycles. The Labute approximate surface area is 129 Å². The SMILES string of the molecule is C[C@@H](O)[C@H](NC(=O)[C@@H]1CCN(C(=O)[C@H]2CCNC2)C1)C(N)=O. The molecule has 3 amide bonds. The van der Waals surface area contributed by atoms with Crippen LogP contribution in [-0.4, -0.2) is 66.1 Å². The minimum absolute atomic E-state index is 0.00218. The number of aliphatic hydroxyl groups excluding tert-OH is 1. The molecule has 0 aromatic carbocycles. The largest absolute Gasteiger partial charge is 0.391 e. The van der Waals surface area contributed by atoms with Gasteiger partial charge in [-0.15, -0.1) is 0 Å². The zero-order valence-corrected chi connectivity index (χ0v) is 12.7. The summed E-state index contributed by atoms with van der Waals surface area (Å²) in [7, 11) is 0. The van der Waals surface area contributed by atoms with E-state index >= 15 is 0 Å². The summed E-state index contributed by atoms with van der Waals surface area (Å²) < 4.78 is 0. The van der Waals surface area contributed by atoms with E-state index in [0.29, 0.717) is 26.1 Å². The molecule has 8 nitrogen and oxygen atoms in total. The van der Waals surface area contributed by atoms with Gasteiger partial charge in [0, 0.05) is 19.6 Å². The summed E-state index contributed by atoms with van der Waals surface area (Å²) in [5.41, 5.74) is 5.16. The topological polar surface area (TPSA) is 125 Å². The van der Waals surface area contributed by atoms with Gasteiger partial charge in [0.2, 0.25) is 17.7 Å². The third kappa shape index (κ3) is 3.75. The average molecular weight is 312 g/mol. The molecule has 0 radical (unpaired) electrons. The van der Waals surface area contributed by atoms with Crippen LogP contribution < -0.4 is 16.4 Å². The molecule has 8 heteroatoms. The maximum atomic E-state index is 12.3. The van der Waals surface area contributed by atoms with E-state index in [2.05, 4.69) is 10.6 Å². The highest BCUT2D eigenvalue weighted by Gasteiger charge is 2.36. The van der Waals surface area contributed by atoms with E-state index in [-0.39, 0.29) is 23.7 Å². The molecule has 0 spiro atoms. The molecule has 2 aliphatic heterocycles.